The van der Waals surface area contributed by atoms with E-state index in [1.54, 1.807) is 0 Å². The van der Waals surface area contributed by atoms with E-state index in [2.05, 4.69) is 13.0 Å². The van der Waals surface area contributed by atoms with Crippen LogP contribution in [-0.4, -0.2) is 5.78 Å². The fraction of sp³-hybridized carbons (Fsp3) is 0.235. The first-order chi connectivity index (χ1) is 9.24. The first kappa shape index (κ1) is 13.5. The molecule has 0 fully saturated rings. The molecule has 0 aliphatic carbocycles. The van der Waals surface area contributed by atoms with Gasteiger partial charge < -0.3 is 5.73 Å². The smallest absolute Gasteiger partial charge is 0.193 e. The van der Waals surface area contributed by atoms with Gasteiger partial charge in [0.05, 0.1) is 0 Å². The van der Waals surface area contributed by atoms with Crippen LogP contribution in [0.5, 0.6) is 0 Å². The lowest BCUT2D eigenvalue weighted by Crippen LogP contribution is -2.03. The molecule has 0 heterocycles. The fourth-order valence-electron chi connectivity index (χ4n) is 2.12. The summed E-state index contributed by atoms with van der Waals surface area (Å²) >= 11 is 0. The molecule has 0 bridgehead atoms. The number of hydrogen-bond donors (Lipinski definition) is 1. The minimum atomic E-state index is 0.0709. The van der Waals surface area contributed by atoms with E-state index in [0.29, 0.717) is 12.1 Å². The molecule has 0 aromatic heterocycles. The van der Waals surface area contributed by atoms with Gasteiger partial charge in [-0.1, -0.05) is 55.8 Å². The highest BCUT2D eigenvalue weighted by Crippen LogP contribution is 2.14. The Morgan fingerprint density at radius 2 is 1.74 bits per heavy atom. The summed E-state index contributed by atoms with van der Waals surface area (Å²) in [6, 6.07) is 15.4. The summed E-state index contributed by atoms with van der Waals surface area (Å²) in [5.74, 6) is 0.0709. The maximum Gasteiger partial charge on any atom is 0.193 e. The molecule has 2 N–H and O–H groups in total. The Kier molecular flexibility index (Phi) is 4.48. The van der Waals surface area contributed by atoms with E-state index in [1.807, 2.05) is 42.5 Å². The first-order valence-electron chi connectivity index (χ1n) is 6.67. The van der Waals surface area contributed by atoms with Crippen molar-refractivity contribution in [2.24, 2.45) is 5.73 Å². The van der Waals surface area contributed by atoms with Crippen LogP contribution in [0.4, 0.5) is 0 Å². The van der Waals surface area contributed by atoms with Gasteiger partial charge in [-0.15, -0.1) is 0 Å². The molecular formula is C17H19NO. The van der Waals surface area contributed by atoms with Crippen molar-refractivity contribution < 1.29 is 4.79 Å². The zero-order valence-electron chi connectivity index (χ0n) is 11.2. The van der Waals surface area contributed by atoms with Crippen molar-refractivity contribution in [3.63, 3.8) is 0 Å². The Hall–Kier alpha value is -1.93. The molecule has 2 rings (SSSR count). The van der Waals surface area contributed by atoms with Crippen molar-refractivity contribution in [3.05, 3.63) is 70.8 Å². The Morgan fingerprint density at radius 3 is 2.37 bits per heavy atom. The van der Waals surface area contributed by atoms with Crippen molar-refractivity contribution in [3.8, 4) is 0 Å². The summed E-state index contributed by atoms with van der Waals surface area (Å²) in [5.41, 5.74) is 9.28. The van der Waals surface area contributed by atoms with Crippen molar-refractivity contribution in [1.82, 2.24) is 0 Å². The van der Waals surface area contributed by atoms with Gasteiger partial charge in [-0.25, -0.2) is 0 Å². The molecule has 0 amide bonds. The van der Waals surface area contributed by atoms with Crippen molar-refractivity contribution >= 4 is 5.78 Å². The number of benzene rings is 2. The normalized spacial score (nSPS) is 10.4. The zero-order chi connectivity index (χ0) is 13.7. The second-order valence-electron chi connectivity index (χ2n) is 4.68. The van der Waals surface area contributed by atoms with Gasteiger partial charge in [0.2, 0.25) is 0 Å². The molecule has 2 aromatic rings. The lowest BCUT2D eigenvalue weighted by molar-refractivity contribution is 0.103. The highest BCUT2D eigenvalue weighted by molar-refractivity contribution is 6.09. The first-order valence-corrected chi connectivity index (χ1v) is 6.67. The molecule has 2 aromatic carbocycles. The lowest BCUT2D eigenvalue weighted by atomic mass is 9.99. The molecule has 0 aliphatic rings. The SMILES string of the molecule is CCCc1cccc(C(=O)c2ccc(CN)cc2)c1. The number of ketones is 1. The Labute approximate surface area is 114 Å². The Bertz CT molecular complexity index is 558. The minimum absolute atomic E-state index is 0.0709. The van der Waals surface area contributed by atoms with Crippen LogP contribution in [0, 0.1) is 0 Å². The fourth-order valence-corrected chi connectivity index (χ4v) is 2.12. The largest absolute Gasteiger partial charge is 0.326 e. The molecule has 0 saturated carbocycles. The quantitative estimate of drug-likeness (QED) is 0.831. The molecule has 2 heteroatoms. The number of rotatable bonds is 5. The second kappa shape index (κ2) is 6.30. The van der Waals surface area contributed by atoms with Crippen LogP contribution in [-0.2, 0) is 13.0 Å². The molecule has 0 radical (unpaired) electrons. The van der Waals surface area contributed by atoms with E-state index in [-0.39, 0.29) is 5.78 Å². The van der Waals surface area contributed by atoms with Crippen LogP contribution in [0.2, 0.25) is 0 Å². The average molecular weight is 253 g/mol. The van der Waals surface area contributed by atoms with Gasteiger partial charge in [0.25, 0.3) is 0 Å². The van der Waals surface area contributed by atoms with Crippen molar-refractivity contribution in [2.45, 2.75) is 26.3 Å². The standard InChI is InChI=1S/C17H19NO/c1-2-4-13-5-3-6-16(11-13)17(19)15-9-7-14(12-18)8-10-15/h3,5-11H,2,4,12,18H2,1H3. The monoisotopic (exact) mass is 253 g/mol. The van der Waals surface area contributed by atoms with Gasteiger partial charge in [0.1, 0.15) is 0 Å². The van der Waals surface area contributed by atoms with Crippen LogP contribution in [0.3, 0.4) is 0 Å². The molecule has 0 unspecified atom stereocenters. The van der Waals surface area contributed by atoms with Crippen LogP contribution >= 0.6 is 0 Å². The van der Waals surface area contributed by atoms with E-state index in [9.17, 15) is 4.79 Å². The van der Waals surface area contributed by atoms with E-state index in [4.69, 9.17) is 5.73 Å². The van der Waals surface area contributed by atoms with Crippen molar-refractivity contribution in [1.29, 1.82) is 0 Å². The number of carbonyl (C=O) groups is 1. The number of nitrogens with two attached hydrogens (primary N) is 1. The third kappa shape index (κ3) is 3.30. The molecule has 0 atom stereocenters. The number of hydrogen-bond acceptors (Lipinski definition) is 2. The highest BCUT2D eigenvalue weighted by Gasteiger charge is 2.09. The van der Waals surface area contributed by atoms with Gasteiger partial charge in [0, 0.05) is 17.7 Å². The third-order valence-corrected chi connectivity index (χ3v) is 3.18. The number of aryl methyl sites for hydroxylation is 1. The molecule has 2 nitrogen and oxygen atoms in total. The Balaban J connectivity index is 2.24. The summed E-state index contributed by atoms with van der Waals surface area (Å²) in [4.78, 5) is 12.4. The molecule has 0 aliphatic heterocycles. The van der Waals surface area contributed by atoms with E-state index >= 15 is 0 Å². The van der Waals surface area contributed by atoms with Crippen LogP contribution in [0.1, 0.15) is 40.4 Å². The van der Waals surface area contributed by atoms with E-state index < -0.39 is 0 Å². The average Bonchev–Trinajstić information content (AvgIpc) is 2.47. The highest BCUT2D eigenvalue weighted by atomic mass is 16.1. The van der Waals surface area contributed by atoms with Gasteiger partial charge in [-0.2, -0.15) is 0 Å². The van der Waals surface area contributed by atoms with Crippen molar-refractivity contribution in [2.75, 3.05) is 0 Å². The van der Waals surface area contributed by atoms with Gasteiger partial charge >= 0.3 is 0 Å². The maximum atomic E-state index is 12.4. The van der Waals surface area contributed by atoms with Gasteiger partial charge in [-0.3, -0.25) is 4.79 Å². The number of carbonyl (C=O) groups excluding carboxylic acids is 1. The maximum absolute atomic E-state index is 12.4. The summed E-state index contributed by atoms with van der Waals surface area (Å²) in [7, 11) is 0. The predicted octanol–water partition coefficient (Wildman–Crippen LogP) is 3.33. The van der Waals surface area contributed by atoms with Crippen LogP contribution in [0.25, 0.3) is 0 Å². The summed E-state index contributed by atoms with van der Waals surface area (Å²) < 4.78 is 0. The van der Waals surface area contributed by atoms with E-state index in [1.165, 1.54) is 5.56 Å². The summed E-state index contributed by atoms with van der Waals surface area (Å²) in [6.45, 7) is 2.64. The van der Waals surface area contributed by atoms with Gasteiger partial charge in [0.15, 0.2) is 5.78 Å². The molecular weight excluding hydrogens is 234 g/mol. The van der Waals surface area contributed by atoms with E-state index in [0.717, 1.165) is 24.0 Å². The predicted molar refractivity (Wildman–Crippen MR) is 78.2 cm³/mol. The summed E-state index contributed by atoms with van der Waals surface area (Å²) in [5, 5.41) is 0. The minimum Gasteiger partial charge on any atom is -0.326 e. The van der Waals surface area contributed by atoms with Crippen LogP contribution < -0.4 is 5.73 Å². The second-order valence-corrected chi connectivity index (χ2v) is 4.68. The third-order valence-electron chi connectivity index (χ3n) is 3.18. The summed E-state index contributed by atoms with van der Waals surface area (Å²) in [6.07, 6.45) is 2.09. The Morgan fingerprint density at radius 1 is 1.00 bits per heavy atom. The molecule has 0 saturated heterocycles. The molecule has 0 spiro atoms. The zero-order valence-corrected chi connectivity index (χ0v) is 11.2. The molecule has 98 valence electrons. The topological polar surface area (TPSA) is 43.1 Å². The van der Waals surface area contributed by atoms with Crippen LogP contribution in [0.15, 0.2) is 48.5 Å². The molecule has 19 heavy (non-hydrogen) atoms. The van der Waals surface area contributed by atoms with Gasteiger partial charge in [-0.05, 0) is 23.6 Å². The lowest BCUT2D eigenvalue weighted by Gasteiger charge is -2.05.